The summed E-state index contributed by atoms with van der Waals surface area (Å²) < 4.78 is 31.6. The Morgan fingerprint density at radius 3 is 2.64 bits per heavy atom. The van der Waals surface area contributed by atoms with Crippen molar-refractivity contribution < 1.29 is 18.3 Å². The first-order chi connectivity index (χ1) is 13.2. The fraction of sp³-hybridized carbons (Fsp3) is 0.550. The molecule has 1 fully saturated rings. The van der Waals surface area contributed by atoms with E-state index in [0.717, 1.165) is 12.8 Å². The molecule has 1 amide bonds. The van der Waals surface area contributed by atoms with Gasteiger partial charge in [0.25, 0.3) is 6.43 Å². The standard InChI is InChI=1S/C20H26F2N4O2/c1-20(2,3)28-19(27)26(13-9-10-13)12-6-11-23-17-14-7-4-5-8-15(14)24-18(25-17)16(21)22/h4-5,7-8,13,16H,6,9-12H2,1-3H3,(H,23,24,25). The van der Waals surface area contributed by atoms with Gasteiger partial charge in [-0.25, -0.2) is 23.5 Å². The molecule has 8 heteroatoms. The molecule has 1 aliphatic carbocycles. The number of halogens is 2. The number of alkyl halides is 2. The van der Waals surface area contributed by atoms with Crippen LogP contribution in [0.3, 0.4) is 0 Å². The second-order valence-corrected chi connectivity index (χ2v) is 7.93. The van der Waals surface area contributed by atoms with Gasteiger partial charge in [0.2, 0.25) is 0 Å². The third-order valence-corrected chi connectivity index (χ3v) is 4.30. The van der Waals surface area contributed by atoms with Gasteiger partial charge in [-0.2, -0.15) is 0 Å². The predicted octanol–water partition coefficient (Wildman–Crippen LogP) is 4.77. The maximum atomic E-state index is 13.1. The molecule has 1 aliphatic rings. The highest BCUT2D eigenvalue weighted by Crippen LogP contribution is 2.29. The normalized spacial score (nSPS) is 14.4. The molecule has 2 aromatic rings. The minimum atomic E-state index is -2.73. The number of anilines is 1. The van der Waals surface area contributed by atoms with Gasteiger partial charge in [0.1, 0.15) is 11.4 Å². The molecule has 1 aromatic carbocycles. The Labute approximate surface area is 163 Å². The third kappa shape index (κ3) is 5.27. The summed E-state index contributed by atoms with van der Waals surface area (Å²) >= 11 is 0. The van der Waals surface area contributed by atoms with Crippen molar-refractivity contribution in [3.05, 3.63) is 30.1 Å². The van der Waals surface area contributed by atoms with E-state index in [0.29, 0.717) is 36.2 Å². The van der Waals surface area contributed by atoms with Crippen molar-refractivity contribution in [1.82, 2.24) is 14.9 Å². The summed E-state index contributed by atoms with van der Waals surface area (Å²) in [6.45, 7) is 6.57. The zero-order valence-electron chi connectivity index (χ0n) is 16.4. The molecule has 0 spiro atoms. The number of nitrogens with zero attached hydrogens (tertiary/aromatic N) is 3. The van der Waals surface area contributed by atoms with Crippen LogP contribution >= 0.6 is 0 Å². The minimum Gasteiger partial charge on any atom is -0.444 e. The van der Waals surface area contributed by atoms with E-state index in [-0.39, 0.29) is 12.1 Å². The number of amides is 1. The van der Waals surface area contributed by atoms with Crippen LogP contribution in [0, 0.1) is 0 Å². The van der Waals surface area contributed by atoms with Crippen molar-refractivity contribution in [2.24, 2.45) is 0 Å². The highest BCUT2D eigenvalue weighted by molar-refractivity contribution is 5.89. The second kappa shape index (κ2) is 8.24. The first-order valence-corrected chi connectivity index (χ1v) is 9.53. The molecule has 6 nitrogen and oxygen atoms in total. The number of carbonyl (C=O) groups is 1. The van der Waals surface area contributed by atoms with E-state index in [2.05, 4.69) is 15.3 Å². The Balaban J connectivity index is 1.62. The van der Waals surface area contributed by atoms with Crippen LogP contribution in [0.25, 0.3) is 10.9 Å². The average Bonchev–Trinajstić information content (AvgIpc) is 3.44. The molecule has 3 rings (SSSR count). The number of hydrogen-bond donors (Lipinski definition) is 1. The molecule has 152 valence electrons. The van der Waals surface area contributed by atoms with Gasteiger partial charge in [-0.1, -0.05) is 12.1 Å². The lowest BCUT2D eigenvalue weighted by Gasteiger charge is -2.27. The van der Waals surface area contributed by atoms with Crippen molar-refractivity contribution in [3.8, 4) is 0 Å². The van der Waals surface area contributed by atoms with E-state index in [9.17, 15) is 13.6 Å². The number of fused-ring (bicyclic) bond motifs is 1. The topological polar surface area (TPSA) is 67.3 Å². The van der Waals surface area contributed by atoms with Crippen LogP contribution in [0.4, 0.5) is 19.4 Å². The summed E-state index contributed by atoms with van der Waals surface area (Å²) in [5.74, 6) is -0.106. The summed E-state index contributed by atoms with van der Waals surface area (Å²) in [6, 6.07) is 7.29. The van der Waals surface area contributed by atoms with Crippen LogP contribution < -0.4 is 5.32 Å². The SMILES string of the molecule is CC(C)(C)OC(=O)N(CCCNc1nc(C(F)F)nc2ccccc12)C1CC1. The molecular weight excluding hydrogens is 366 g/mol. The Morgan fingerprint density at radius 1 is 1.29 bits per heavy atom. The number of hydrogen-bond acceptors (Lipinski definition) is 5. The monoisotopic (exact) mass is 392 g/mol. The Kier molecular flexibility index (Phi) is 5.96. The van der Waals surface area contributed by atoms with Crippen molar-refractivity contribution in [2.45, 2.75) is 58.1 Å². The van der Waals surface area contributed by atoms with Crippen LogP contribution in [0.1, 0.15) is 52.3 Å². The first-order valence-electron chi connectivity index (χ1n) is 9.53. The number of para-hydroxylation sites is 1. The fourth-order valence-corrected chi connectivity index (χ4v) is 2.91. The van der Waals surface area contributed by atoms with Gasteiger partial charge < -0.3 is 15.0 Å². The Bertz CT molecular complexity index is 835. The van der Waals surface area contributed by atoms with E-state index >= 15 is 0 Å². The number of rotatable bonds is 7. The number of aromatic nitrogens is 2. The van der Waals surface area contributed by atoms with Crippen LogP contribution in [-0.2, 0) is 4.74 Å². The molecule has 0 bridgehead atoms. The molecule has 0 radical (unpaired) electrons. The van der Waals surface area contributed by atoms with Crippen molar-refractivity contribution in [3.63, 3.8) is 0 Å². The Hall–Kier alpha value is -2.51. The van der Waals surface area contributed by atoms with E-state index < -0.39 is 17.9 Å². The van der Waals surface area contributed by atoms with Crippen LogP contribution in [-0.4, -0.2) is 45.7 Å². The van der Waals surface area contributed by atoms with E-state index in [1.165, 1.54) is 0 Å². The number of benzene rings is 1. The molecule has 0 saturated heterocycles. The molecular formula is C20H26F2N4O2. The molecule has 0 atom stereocenters. The lowest BCUT2D eigenvalue weighted by Crippen LogP contribution is -2.39. The van der Waals surface area contributed by atoms with Gasteiger partial charge in [0.15, 0.2) is 5.82 Å². The molecule has 1 aromatic heterocycles. The van der Waals surface area contributed by atoms with Crippen LogP contribution in [0.15, 0.2) is 24.3 Å². The second-order valence-electron chi connectivity index (χ2n) is 7.93. The maximum absolute atomic E-state index is 13.1. The van der Waals surface area contributed by atoms with Gasteiger partial charge in [-0.3, -0.25) is 0 Å². The molecule has 1 heterocycles. The van der Waals surface area contributed by atoms with Crippen molar-refractivity contribution in [2.75, 3.05) is 18.4 Å². The molecule has 1 N–H and O–H groups in total. The van der Waals surface area contributed by atoms with E-state index in [1.807, 2.05) is 26.8 Å². The summed E-state index contributed by atoms with van der Waals surface area (Å²) in [4.78, 5) is 22.0. The molecule has 0 unspecified atom stereocenters. The number of ether oxygens (including phenoxy) is 1. The number of carbonyl (C=O) groups excluding carboxylic acids is 1. The highest BCUT2D eigenvalue weighted by Gasteiger charge is 2.34. The summed E-state index contributed by atoms with van der Waals surface area (Å²) in [6.07, 6.45) is -0.412. The van der Waals surface area contributed by atoms with Crippen LogP contribution in [0.5, 0.6) is 0 Å². The Morgan fingerprint density at radius 2 is 2.00 bits per heavy atom. The zero-order valence-corrected chi connectivity index (χ0v) is 16.4. The van der Waals surface area contributed by atoms with Gasteiger partial charge in [0.05, 0.1) is 5.52 Å². The summed E-state index contributed by atoms with van der Waals surface area (Å²) in [5, 5.41) is 3.81. The molecule has 28 heavy (non-hydrogen) atoms. The van der Waals surface area contributed by atoms with Crippen LogP contribution in [0.2, 0.25) is 0 Å². The number of nitrogens with one attached hydrogen (secondary N) is 1. The van der Waals surface area contributed by atoms with Gasteiger partial charge in [-0.15, -0.1) is 0 Å². The summed E-state index contributed by atoms with van der Waals surface area (Å²) in [5.41, 5.74) is -0.0581. The fourth-order valence-electron chi connectivity index (χ4n) is 2.91. The third-order valence-electron chi connectivity index (χ3n) is 4.30. The molecule has 0 aliphatic heterocycles. The quantitative estimate of drug-likeness (QED) is 0.688. The van der Waals surface area contributed by atoms with Gasteiger partial charge in [-0.05, 0) is 52.2 Å². The first kappa shape index (κ1) is 20.2. The van der Waals surface area contributed by atoms with Crippen molar-refractivity contribution in [1.29, 1.82) is 0 Å². The smallest absolute Gasteiger partial charge is 0.410 e. The van der Waals surface area contributed by atoms with Gasteiger partial charge in [0, 0.05) is 24.5 Å². The average molecular weight is 392 g/mol. The van der Waals surface area contributed by atoms with E-state index in [4.69, 9.17) is 4.74 Å². The van der Waals surface area contributed by atoms with Gasteiger partial charge >= 0.3 is 6.09 Å². The van der Waals surface area contributed by atoms with E-state index in [1.54, 1.807) is 23.1 Å². The lowest BCUT2D eigenvalue weighted by molar-refractivity contribution is 0.0233. The van der Waals surface area contributed by atoms with Crippen molar-refractivity contribution >= 4 is 22.8 Å². The summed E-state index contributed by atoms with van der Waals surface area (Å²) in [7, 11) is 0. The lowest BCUT2D eigenvalue weighted by atomic mass is 10.2. The minimum absolute atomic E-state index is 0.236. The predicted molar refractivity (Wildman–Crippen MR) is 104 cm³/mol. The zero-order chi connectivity index (χ0) is 20.3. The highest BCUT2D eigenvalue weighted by atomic mass is 19.3. The largest absolute Gasteiger partial charge is 0.444 e. The molecule has 1 saturated carbocycles. The maximum Gasteiger partial charge on any atom is 0.410 e.